The van der Waals surface area contributed by atoms with Crippen LogP contribution >= 0.6 is 0 Å². The lowest BCUT2D eigenvalue weighted by atomic mass is 10.1. The van der Waals surface area contributed by atoms with E-state index >= 15 is 0 Å². The van der Waals surface area contributed by atoms with Gasteiger partial charge in [-0.05, 0) is 19.8 Å². The first-order valence-corrected chi connectivity index (χ1v) is 6.06. The van der Waals surface area contributed by atoms with Crippen molar-refractivity contribution >= 4 is 11.7 Å². The third-order valence-corrected chi connectivity index (χ3v) is 3.03. The second-order valence-corrected chi connectivity index (χ2v) is 4.58. The molecular weight excluding hydrogens is 206 g/mol. The number of hydrogen-bond acceptors (Lipinski definition) is 3. The van der Waals surface area contributed by atoms with Gasteiger partial charge >= 0.3 is 0 Å². The molecule has 0 aromatic heterocycles. The van der Waals surface area contributed by atoms with Gasteiger partial charge in [-0.25, -0.2) is 0 Å². The lowest BCUT2D eigenvalue weighted by Gasteiger charge is -2.21. The highest BCUT2D eigenvalue weighted by Crippen LogP contribution is 2.18. The van der Waals surface area contributed by atoms with Gasteiger partial charge in [0.05, 0.1) is 12.1 Å². The fraction of sp³-hybridized carbons (Fsp3) is 0.833. The van der Waals surface area contributed by atoms with Crippen LogP contribution in [-0.4, -0.2) is 28.9 Å². The molecule has 1 amide bonds. The van der Waals surface area contributed by atoms with E-state index in [-0.39, 0.29) is 30.6 Å². The van der Waals surface area contributed by atoms with E-state index in [0.717, 1.165) is 32.1 Å². The van der Waals surface area contributed by atoms with Crippen LogP contribution in [0.1, 0.15) is 51.9 Å². The summed E-state index contributed by atoms with van der Waals surface area (Å²) in [6.07, 6.45) is 4.90. The average Bonchev–Trinajstić information content (AvgIpc) is 2.42. The maximum atomic E-state index is 11.5. The highest BCUT2D eigenvalue weighted by molar-refractivity contribution is 5.83. The zero-order valence-electron chi connectivity index (χ0n) is 9.87. The van der Waals surface area contributed by atoms with Crippen molar-refractivity contribution in [1.29, 1.82) is 0 Å². The summed E-state index contributed by atoms with van der Waals surface area (Å²) in [5.41, 5.74) is 0. The first-order chi connectivity index (χ1) is 7.59. The summed E-state index contributed by atoms with van der Waals surface area (Å²) in [5, 5.41) is 12.6. The number of amides is 1. The van der Waals surface area contributed by atoms with Crippen LogP contribution in [0.4, 0.5) is 0 Å². The predicted octanol–water partition coefficient (Wildman–Crippen LogP) is 1.17. The highest BCUT2D eigenvalue weighted by atomic mass is 16.3. The van der Waals surface area contributed by atoms with Gasteiger partial charge in [-0.2, -0.15) is 0 Å². The maximum absolute atomic E-state index is 11.5. The lowest BCUT2D eigenvalue weighted by molar-refractivity contribution is -0.125. The van der Waals surface area contributed by atoms with Crippen molar-refractivity contribution in [2.24, 2.45) is 0 Å². The molecule has 0 radical (unpaired) electrons. The fourth-order valence-corrected chi connectivity index (χ4v) is 2.02. The van der Waals surface area contributed by atoms with Crippen LogP contribution < -0.4 is 5.32 Å². The van der Waals surface area contributed by atoms with Gasteiger partial charge in [0, 0.05) is 12.8 Å². The van der Waals surface area contributed by atoms with Gasteiger partial charge in [0.15, 0.2) is 0 Å². The molecule has 4 nitrogen and oxygen atoms in total. The summed E-state index contributed by atoms with van der Waals surface area (Å²) in [4.78, 5) is 22.2. The van der Waals surface area contributed by atoms with Gasteiger partial charge in [-0.3, -0.25) is 4.79 Å². The molecule has 1 fully saturated rings. The minimum Gasteiger partial charge on any atom is -0.391 e. The zero-order valence-corrected chi connectivity index (χ0v) is 9.87. The van der Waals surface area contributed by atoms with Crippen LogP contribution in [0.2, 0.25) is 0 Å². The molecule has 2 atom stereocenters. The van der Waals surface area contributed by atoms with E-state index in [9.17, 15) is 14.7 Å². The van der Waals surface area contributed by atoms with Gasteiger partial charge in [0.1, 0.15) is 5.78 Å². The quantitative estimate of drug-likeness (QED) is 0.708. The smallest absolute Gasteiger partial charge is 0.220 e. The standard InChI is InChI=1S/C12H21NO3/c1-9(14)7-8-12(16)13-10-5-3-2-4-6-11(10)15/h10-11,15H,2-8H2,1H3,(H,13,16). The number of aliphatic hydroxyl groups excluding tert-OH is 1. The summed E-state index contributed by atoms with van der Waals surface area (Å²) in [6.45, 7) is 1.48. The van der Waals surface area contributed by atoms with E-state index < -0.39 is 6.10 Å². The number of ketones is 1. The molecule has 4 heteroatoms. The highest BCUT2D eigenvalue weighted by Gasteiger charge is 2.22. The van der Waals surface area contributed by atoms with Gasteiger partial charge in [0.2, 0.25) is 5.91 Å². The third kappa shape index (κ3) is 4.75. The molecule has 1 aliphatic rings. The van der Waals surface area contributed by atoms with E-state index in [4.69, 9.17) is 0 Å². The Morgan fingerprint density at radius 3 is 2.56 bits per heavy atom. The number of hydrogen-bond donors (Lipinski definition) is 2. The van der Waals surface area contributed by atoms with Crippen molar-refractivity contribution in [2.45, 2.75) is 64.0 Å². The van der Waals surface area contributed by atoms with Crippen molar-refractivity contribution in [3.8, 4) is 0 Å². The maximum Gasteiger partial charge on any atom is 0.220 e. The van der Waals surface area contributed by atoms with Crippen molar-refractivity contribution in [3.05, 3.63) is 0 Å². The van der Waals surface area contributed by atoms with Crippen molar-refractivity contribution in [1.82, 2.24) is 5.32 Å². The molecule has 2 unspecified atom stereocenters. The Morgan fingerprint density at radius 1 is 1.19 bits per heavy atom. The normalized spacial score (nSPS) is 25.9. The van der Waals surface area contributed by atoms with E-state index in [1.54, 1.807) is 0 Å². The first kappa shape index (κ1) is 13.2. The average molecular weight is 227 g/mol. The minimum atomic E-state index is -0.427. The number of aliphatic hydroxyl groups is 1. The molecular formula is C12H21NO3. The summed E-state index contributed by atoms with van der Waals surface area (Å²) >= 11 is 0. The SMILES string of the molecule is CC(=O)CCC(=O)NC1CCCCCC1O. The molecule has 0 saturated heterocycles. The molecule has 0 bridgehead atoms. The number of rotatable bonds is 4. The van der Waals surface area contributed by atoms with Crippen molar-refractivity contribution in [3.63, 3.8) is 0 Å². The molecule has 1 rings (SSSR count). The second-order valence-electron chi connectivity index (χ2n) is 4.58. The van der Waals surface area contributed by atoms with Crippen LogP contribution in [0, 0.1) is 0 Å². The predicted molar refractivity (Wildman–Crippen MR) is 60.9 cm³/mol. The van der Waals surface area contributed by atoms with Crippen molar-refractivity contribution in [2.75, 3.05) is 0 Å². The molecule has 1 aliphatic carbocycles. The lowest BCUT2D eigenvalue weighted by Crippen LogP contribution is -2.42. The Labute approximate surface area is 96.4 Å². The first-order valence-electron chi connectivity index (χ1n) is 6.06. The Bertz CT molecular complexity index is 253. The fourth-order valence-electron chi connectivity index (χ4n) is 2.02. The van der Waals surface area contributed by atoms with E-state index in [2.05, 4.69) is 5.32 Å². The Morgan fingerprint density at radius 2 is 1.88 bits per heavy atom. The van der Waals surface area contributed by atoms with Crippen LogP contribution in [0.15, 0.2) is 0 Å². The van der Waals surface area contributed by atoms with Gasteiger partial charge in [-0.15, -0.1) is 0 Å². The van der Waals surface area contributed by atoms with Gasteiger partial charge < -0.3 is 15.2 Å². The number of carbonyl (C=O) groups excluding carboxylic acids is 2. The molecule has 1 saturated carbocycles. The Kier molecular flexibility index (Phi) is 5.46. The minimum absolute atomic E-state index is 0.0246. The Balaban J connectivity index is 2.33. The van der Waals surface area contributed by atoms with Crippen LogP contribution in [0.3, 0.4) is 0 Å². The summed E-state index contributed by atoms with van der Waals surface area (Å²) in [5.74, 6) is -0.0993. The van der Waals surface area contributed by atoms with Crippen LogP contribution in [0.5, 0.6) is 0 Å². The third-order valence-electron chi connectivity index (χ3n) is 3.03. The van der Waals surface area contributed by atoms with Crippen LogP contribution in [-0.2, 0) is 9.59 Å². The van der Waals surface area contributed by atoms with Gasteiger partial charge in [-0.1, -0.05) is 19.3 Å². The van der Waals surface area contributed by atoms with Crippen LogP contribution in [0.25, 0.3) is 0 Å². The van der Waals surface area contributed by atoms with Crippen molar-refractivity contribution < 1.29 is 14.7 Å². The summed E-state index contributed by atoms with van der Waals surface area (Å²) in [7, 11) is 0. The molecule has 0 spiro atoms. The number of nitrogens with one attached hydrogen (secondary N) is 1. The largest absolute Gasteiger partial charge is 0.391 e. The number of Topliss-reactive ketones (excluding diaryl/α,β-unsaturated/α-hetero) is 1. The molecule has 16 heavy (non-hydrogen) atoms. The molecule has 0 heterocycles. The van der Waals surface area contributed by atoms with E-state index in [1.807, 2.05) is 0 Å². The number of carbonyl (C=O) groups is 2. The molecule has 92 valence electrons. The summed E-state index contributed by atoms with van der Waals surface area (Å²) < 4.78 is 0. The van der Waals surface area contributed by atoms with E-state index in [1.165, 1.54) is 6.92 Å². The molecule has 2 N–H and O–H groups in total. The second kappa shape index (κ2) is 6.63. The van der Waals surface area contributed by atoms with E-state index in [0.29, 0.717) is 0 Å². The molecule has 0 aromatic rings. The topological polar surface area (TPSA) is 66.4 Å². The zero-order chi connectivity index (χ0) is 12.0. The van der Waals surface area contributed by atoms with Gasteiger partial charge in [0.25, 0.3) is 0 Å². The summed E-state index contributed by atoms with van der Waals surface area (Å²) in [6, 6.07) is -0.123. The molecule has 0 aliphatic heterocycles. The Hall–Kier alpha value is -0.900. The molecule has 0 aromatic carbocycles. The monoisotopic (exact) mass is 227 g/mol.